The average Bonchev–Trinajstić information content (AvgIpc) is 2.75. The van der Waals surface area contributed by atoms with Crippen LogP contribution in [-0.2, 0) is 0 Å². The van der Waals surface area contributed by atoms with E-state index in [1.165, 1.54) is 31.4 Å². The number of aromatic nitrogens is 1. The summed E-state index contributed by atoms with van der Waals surface area (Å²) in [6.07, 6.45) is -4.78. The first-order chi connectivity index (χ1) is 15.1. The van der Waals surface area contributed by atoms with E-state index in [4.69, 9.17) is 16.3 Å². The molecule has 0 spiro atoms. The highest BCUT2D eigenvalue weighted by atomic mass is 35.5. The maximum absolute atomic E-state index is 14.0. The Labute approximate surface area is 187 Å². The summed E-state index contributed by atoms with van der Waals surface area (Å²) >= 11 is 5.97. The molecule has 1 aromatic heterocycles. The van der Waals surface area contributed by atoms with Crippen LogP contribution in [0.15, 0.2) is 58.3 Å². The third kappa shape index (κ3) is 4.97. The smallest absolute Gasteiger partial charge is 0.422 e. The van der Waals surface area contributed by atoms with Gasteiger partial charge in [-0.15, -0.1) is 0 Å². The second-order valence-corrected chi connectivity index (χ2v) is 7.87. The van der Waals surface area contributed by atoms with E-state index in [0.717, 1.165) is 0 Å². The van der Waals surface area contributed by atoms with E-state index in [-0.39, 0.29) is 11.2 Å². The number of aromatic amines is 1. The lowest BCUT2D eigenvalue weighted by molar-refractivity contribution is -0.232. The molecule has 5 nitrogen and oxygen atoms in total. The van der Waals surface area contributed by atoms with Gasteiger partial charge in [0, 0.05) is 22.7 Å². The Hall–Kier alpha value is -2.84. The van der Waals surface area contributed by atoms with Crippen molar-refractivity contribution in [2.45, 2.75) is 37.5 Å². The van der Waals surface area contributed by atoms with Crippen LogP contribution in [0.5, 0.6) is 5.75 Å². The second-order valence-electron chi connectivity index (χ2n) is 7.44. The van der Waals surface area contributed by atoms with Gasteiger partial charge in [0.25, 0.3) is 0 Å². The van der Waals surface area contributed by atoms with Crippen LogP contribution in [-0.4, -0.2) is 35.2 Å². The van der Waals surface area contributed by atoms with Crippen molar-refractivity contribution in [3.63, 3.8) is 0 Å². The Morgan fingerprint density at radius 3 is 2.62 bits per heavy atom. The van der Waals surface area contributed by atoms with Gasteiger partial charge in [-0.05, 0) is 54.7 Å². The Morgan fingerprint density at radius 2 is 1.97 bits per heavy atom. The normalized spacial score (nSPS) is 15.1. The lowest BCUT2D eigenvalue weighted by Crippen LogP contribution is -2.47. The third-order valence-corrected chi connectivity index (χ3v) is 5.57. The molecule has 3 rings (SSSR count). The molecule has 2 atom stereocenters. The summed E-state index contributed by atoms with van der Waals surface area (Å²) in [7, 11) is 1.41. The van der Waals surface area contributed by atoms with Crippen molar-refractivity contribution in [2.75, 3.05) is 7.11 Å². The first kappa shape index (κ1) is 23.8. The van der Waals surface area contributed by atoms with Crippen molar-refractivity contribution in [1.29, 1.82) is 0 Å². The largest absolute Gasteiger partial charge is 0.496 e. The van der Waals surface area contributed by atoms with E-state index < -0.39 is 24.1 Å². The molecular formula is C23H22ClF3N2O3. The third-order valence-electron chi connectivity index (χ3n) is 5.34. The van der Waals surface area contributed by atoms with Gasteiger partial charge in [-0.1, -0.05) is 30.7 Å². The van der Waals surface area contributed by atoms with Crippen molar-refractivity contribution in [3.8, 4) is 5.75 Å². The van der Waals surface area contributed by atoms with Gasteiger partial charge in [-0.3, -0.25) is 9.79 Å². The molecule has 0 aliphatic rings. The first-order valence-corrected chi connectivity index (χ1v) is 10.3. The fourth-order valence-corrected chi connectivity index (χ4v) is 3.74. The molecule has 0 amide bonds. The van der Waals surface area contributed by atoms with E-state index in [1.54, 1.807) is 31.2 Å². The Bertz CT molecular complexity index is 1190. The predicted molar refractivity (Wildman–Crippen MR) is 119 cm³/mol. The van der Waals surface area contributed by atoms with Gasteiger partial charge in [0.05, 0.1) is 18.3 Å². The van der Waals surface area contributed by atoms with Crippen LogP contribution in [0, 0.1) is 0 Å². The molecule has 0 bridgehead atoms. The predicted octanol–water partition coefficient (Wildman–Crippen LogP) is 5.77. The Morgan fingerprint density at radius 1 is 1.22 bits per heavy atom. The summed E-state index contributed by atoms with van der Waals surface area (Å²) < 4.78 is 47.3. The maximum atomic E-state index is 14.0. The van der Waals surface area contributed by atoms with Crippen LogP contribution in [0.4, 0.5) is 18.9 Å². The summed E-state index contributed by atoms with van der Waals surface area (Å²) in [4.78, 5) is 18.1. The molecule has 0 aliphatic heterocycles. The molecule has 1 heterocycles. The molecule has 0 fully saturated rings. The lowest BCUT2D eigenvalue weighted by atomic mass is 9.84. The second kappa shape index (κ2) is 9.34. The van der Waals surface area contributed by atoms with Gasteiger partial charge in [-0.25, -0.2) is 0 Å². The number of hydrogen-bond donors (Lipinski definition) is 2. The molecule has 0 saturated heterocycles. The number of fused-ring (bicyclic) bond motifs is 1. The van der Waals surface area contributed by atoms with Crippen LogP contribution in [0.3, 0.4) is 0 Å². The molecule has 170 valence electrons. The van der Waals surface area contributed by atoms with Crippen molar-refractivity contribution in [2.24, 2.45) is 4.99 Å². The number of rotatable bonds is 7. The number of H-pyrrole nitrogens is 1. The number of pyridine rings is 1. The van der Waals surface area contributed by atoms with Crippen molar-refractivity contribution >= 4 is 34.4 Å². The first-order valence-electron chi connectivity index (χ1n) is 9.88. The number of nitrogens with one attached hydrogen (secondary N) is 1. The minimum Gasteiger partial charge on any atom is -0.496 e. The lowest BCUT2D eigenvalue weighted by Gasteiger charge is -2.31. The quantitative estimate of drug-likeness (QED) is 0.434. The zero-order chi connectivity index (χ0) is 23.5. The Balaban J connectivity index is 2.01. The number of aliphatic imine (C=N–C) groups is 1. The zero-order valence-electron chi connectivity index (χ0n) is 17.4. The minimum atomic E-state index is -4.97. The molecule has 2 aromatic carbocycles. The molecule has 2 unspecified atom stereocenters. The summed E-state index contributed by atoms with van der Waals surface area (Å²) in [5.41, 5.74) is -2.40. The highest BCUT2D eigenvalue weighted by molar-refractivity contribution is 6.30. The highest BCUT2D eigenvalue weighted by Crippen LogP contribution is 2.42. The van der Waals surface area contributed by atoms with E-state index in [2.05, 4.69) is 9.98 Å². The van der Waals surface area contributed by atoms with Crippen LogP contribution in [0.25, 0.3) is 10.9 Å². The van der Waals surface area contributed by atoms with Gasteiger partial charge < -0.3 is 14.8 Å². The van der Waals surface area contributed by atoms with Crippen LogP contribution in [0.1, 0.15) is 31.2 Å². The zero-order valence-corrected chi connectivity index (χ0v) is 18.2. The number of nitrogens with zero attached hydrogens (tertiary/aromatic N) is 1. The molecule has 3 aromatic rings. The molecule has 9 heteroatoms. The molecule has 0 aliphatic carbocycles. The van der Waals surface area contributed by atoms with Crippen molar-refractivity contribution < 1.29 is 23.0 Å². The summed E-state index contributed by atoms with van der Waals surface area (Å²) in [6, 6.07) is 12.1. The summed E-state index contributed by atoms with van der Waals surface area (Å²) in [5, 5.41) is 11.6. The number of aliphatic hydroxyl groups is 1. The fourth-order valence-electron chi connectivity index (χ4n) is 3.57. The van der Waals surface area contributed by atoms with Gasteiger partial charge >= 0.3 is 6.18 Å². The average molecular weight is 467 g/mol. The summed E-state index contributed by atoms with van der Waals surface area (Å²) in [5.74, 6) is -0.326. The maximum Gasteiger partial charge on any atom is 0.422 e. The Kier molecular flexibility index (Phi) is 6.95. The monoisotopic (exact) mass is 466 g/mol. The number of methoxy groups -OCH3 is 1. The number of alkyl halides is 3. The topological polar surface area (TPSA) is 74.7 Å². The van der Waals surface area contributed by atoms with E-state index >= 15 is 0 Å². The number of hydrogen-bond acceptors (Lipinski definition) is 4. The summed E-state index contributed by atoms with van der Waals surface area (Å²) in [6.45, 7) is 1.73. The molecule has 2 N–H and O–H groups in total. The molecular weight excluding hydrogens is 445 g/mol. The highest BCUT2D eigenvalue weighted by Gasteiger charge is 2.53. The van der Waals surface area contributed by atoms with E-state index in [0.29, 0.717) is 39.9 Å². The number of benzene rings is 2. The van der Waals surface area contributed by atoms with Crippen molar-refractivity contribution in [1.82, 2.24) is 4.98 Å². The molecule has 0 saturated carbocycles. The molecule has 0 radical (unpaired) electrons. The standard InChI is InChI=1S/C23H22ClF3N2O3/c1-3-14(16-8-7-15(24)11-20(16)32-2)12-22(31,23(25,26)27)13-28-18-5-4-6-19-17(18)9-10-21(30)29-19/h4-11,13-14,31H,3,12H2,1-2H3,(H,29,30)/b28-13+. The van der Waals surface area contributed by atoms with Gasteiger partial charge in [0.1, 0.15) is 5.75 Å². The molecule has 32 heavy (non-hydrogen) atoms. The van der Waals surface area contributed by atoms with Crippen LogP contribution in [0.2, 0.25) is 5.02 Å². The van der Waals surface area contributed by atoms with Crippen LogP contribution >= 0.6 is 11.6 Å². The van der Waals surface area contributed by atoms with E-state index in [1.807, 2.05) is 0 Å². The van der Waals surface area contributed by atoms with Gasteiger partial charge in [0.2, 0.25) is 5.56 Å². The number of halogens is 4. The SMILES string of the molecule is CCC(CC(O)(/C=N/c1cccc2[nH]c(=O)ccc12)C(F)(F)F)c1ccc(Cl)cc1OC. The van der Waals surface area contributed by atoms with E-state index in [9.17, 15) is 23.1 Å². The fraction of sp³-hybridized carbons (Fsp3) is 0.304. The van der Waals surface area contributed by atoms with Crippen molar-refractivity contribution in [3.05, 3.63) is 69.5 Å². The number of ether oxygens (including phenoxy) is 1. The minimum absolute atomic E-state index is 0.193. The van der Waals surface area contributed by atoms with Crippen LogP contribution < -0.4 is 10.3 Å². The van der Waals surface area contributed by atoms with Gasteiger partial charge in [-0.2, -0.15) is 13.2 Å². The van der Waals surface area contributed by atoms with Gasteiger partial charge in [0.15, 0.2) is 5.60 Å².